The molecule has 0 aliphatic rings. The second-order valence-corrected chi connectivity index (χ2v) is 5.17. The van der Waals surface area contributed by atoms with E-state index in [0.29, 0.717) is 6.54 Å². The van der Waals surface area contributed by atoms with Crippen LogP contribution >= 0.6 is 0 Å². The molecular formula is C16H19N5. The highest BCUT2D eigenvalue weighted by molar-refractivity contribution is 5.84. The first-order valence-corrected chi connectivity index (χ1v) is 7.17. The van der Waals surface area contributed by atoms with Crippen molar-refractivity contribution in [3.63, 3.8) is 0 Å². The number of aryl methyl sites for hydroxylation is 1. The number of nitrogens with two attached hydrogens (primary N) is 1. The van der Waals surface area contributed by atoms with E-state index in [1.54, 1.807) is 6.33 Å². The summed E-state index contributed by atoms with van der Waals surface area (Å²) in [6.45, 7) is 4.82. The molecule has 0 spiro atoms. The fourth-order valence-corrected chi connectivity index (χ4v) is 2.68. The van der Waals surface area contributed by atoms with E-state index in [-0.39, 0.29) is 0 Å². The van der Waals surface area contributed by atoms with Gasteiger partial charge in [-0.25, -0.2) is 14.6 Å². The van der Waals surface area contributed by atoms with Crippen LogP contribution in [-0.2, 0) is 6.42 Å². The van der Waals surface area contributed by atoms with E-state index in [1.807, 2.05) is 35.9 Å². The summed E-state index contributed by atoms with van der Waals surface area (Å²) < 4.78 is 1.92. The molecule has 0 unspecified atom stereocenters. The summed E-state index contributed by atoms with van der Waals surface area (Å²) in [5, 5.41) is 5.68. The van der Waals surface area contributed by atoms with Gasteiger partial charge in [0.05, 0.1) is 11.2 Å². The second kappa shape index (κ2) is 5.61. The smallest absolute Gasteiger partial charge is 0.164 e. The van der Waals surface area contributed by atoms with Crippen LogP contribution in [0.3, 0.4) is 0 Å². The maximum absolute atomic E-state index is 5.62. The average molecular weight is 281 g/mol. The summed E-state index contributed by atoms with van der Waals surface area (Å²) in [7, 11) is 0. The summed E-state index contributed by atoms with van der Waals surface area (Å²) in [5.41, 5.74) is 9.99. The van der Waals surface area contributed by atoms with Crippen molar-refractivity contribution in [3.8, 4) is 5.82 Å². The van der Waals surface area contributed by atoms with Crippen molar-refractivity contribution in [1.29, 1.82) is 0 Å². The average Bonchev–Trinajstić information content (AvgIpc) is 2.79. The second-order valence-electron chi connectivity index (χ2n) is 5.17. The molecule has 0 amide bonds. The number of nitrogens with zero attached hydrogens (tertiary/aromatic N) is 4. The molecule has 0 radical (unpaired) electrons. The van der Waals surface area contributed by atoms with Gasteiger partial charge in [0, 0.05) is 11.1 Å². The number of hydrogen-bond acceptors (Lipinski definition) is 4. The first kappa shape index (κ1) is 13.7. The molecule has 0 atom stereocenters. The van der Waals surface area contributed by atoms with E-state index >= 15 is 0 Å². The molecule has 108 valence electrons. The highest BCUT2D eigenvalue weighted by Gasteiger charge is 2.15. The van der Waals surface area contributed by atoms with Crippen LogP contribution in [0.25, 0.3) is 16.7 Å². The van der Waals surface area contributed by atoms with Gasteiger partial charge in [0.1, 0.15) is 6.33 Å². The molecule has 0 fully saturated rings. The SMILES string of the molecule is Cc1nn(-c2ncnc3ccccc23)c(C)c1CCCN. The van der Waals surface area contributed by atoms with E-state index in [2.05, 4.69) is 22.0 Å². The molecule has 2 heterocycles. The minimum Gasteiger partial charge on any atom is -0.330 e. The highest BCUT2D eigenvalue weighted by Crippen LogP contribution is 2.22. The van der Waals surface area contributed by atoms with Crippen LogP contribution < -0.4 is 5.73 Å². The minimum atomic E-state index is 0.695. The third-order valence-corrected chi connectivity index (χ3v) is 3.79. The predicted molar refractivity (Wildman–Crippen MR) is 83.5 cm³/mol. The Bertz CT molecular complexity index is 770. The van der Waals surface area contributed by atoms with Crippen molar-refractivity contribution in [2.75, 3.05) is 6.54 Å². The lowest BCUT2D eigenvalue weighted by Gasteiger charge is -2.07. The zero-order valence-corrected chi connectivity index (χ0v) is 12.4. The van der Waals surface area contributed by atoms with Gasteiger partial charge in [-0.2, -0.15) is 5.10 Å². The van der Waals surface area contributed by atoms with Crippen molar-refractivity contribution in [2.45, 2.75) is 26.7 Å². The number of aromatic nitrogens is 4. The Morgan fingerprint density at radius 2 is 1.95 bits per heavy atom. The number of rotatable bonds is 4. The summed E-state index contributed by atoms with van der Waals surface area (Å²) in [6, 6.07) is 7.99. The van der Waals surface area contributed by atoms with Crippen molar-refractivity contribution in [3.05, 3.63) is 47.5 Å². The first-order valence-electron chi connectivity index (χ1n) is 7.17. The molecule has 2 aromatic heterocycles. The molecule has 0 bridgehead atoms. The van der Waals surface area contributed by atoms with Gasteiger partial charge in [0.15, 0.2) is 5.82 Å². The van der Waals surface area contributed by atoms with Gasteiger partial charge in [-0.15, -0.1) is 0 Å². The Hall–Kier alpha value is -2.27. The number of para-hydroxylation sites is 1. The Labute approximate surface area is 123 Å². The van der Waals surface area contributed by atoms with Crippen LogP contribution in [0.2, 0.25) is 0 Å². The largest absolute Gasteiger partial charge is 0.330 e. The molecule has 2 N–H and O–H groups in total. The lowest BCUT2D eigenvalue weighted by molar-refractivity contribution is 0.802. The van der Waals surface area contributed by atoms with E-state index in [9.17, 15) is 0 Å². The Balaban J connectivity index is 2.15. The maximum atomic E-state index is 5.62. The molecule has 0 aliphatic heterocycles. The molecule has 1 aromatic carbocycles. The van der Waals surface area contributed by atoms with Gasteiger partial charge in [-0.1, -0.05) is 12.1 Å². The van der Waals surface area contributed by atoms with E-state index in [0.717, 1.165) is 41.0 Å². The van der Waals surface area contributed by atoms with Gasteiger partial charge in [0.25, 0.3) is 0 Å². The van der Waals surface area contributed by atoms with Crippen LogP contribution in [0.4, 0.5) is 0 Å². The lowest BCUT2D eigenvalue weighted by Crippen LogP contribution is -2.05. The molecule has 0 saturated carbocycles. The molecule has 0 aliphatic carbocycles. The molecule has 3 rings (SSSR count). The number of fused-ring (bicyclic) bond motifs is 1. The first-order chi connectivity index (χ1) is 10.2. The summed E-state index contributed by atoms with van der Waals surface area (Å²) in [5.74, 6) is 0.834. The Morgan fingerprint density at radius 1 is 1.14 bits per heavy atom. The molecule has 3 aromatic rings. The van der Waals surface area contributed by atoms with E-state index in [4.69, 9.17) is 5.73 Å². The quantitative estimate of drug-likeness (QED) is 0.796. The summed E-state index contributed by atoms with van der Waals surface area (Å²) in [4.78, 5) is 8.74. The summed E-state index contributed by atoms with van der Waals surface area (Å²) >= 11 is 0. The standard InChI is InChI=1S/C16H19N5/c1-11-13(7-5-9-17)12(2)21(20-11)16-14-6-3-4-8-15(14)18-10-19-16/h3-4,6,8,10H,5,7,9,17H2,1-2H3. The Morgan fingerprint density at radius 3 is 2.76 bits per heavy atom. The summed E-state index contributed by atoms with van der Waals surface area (Å²) in [6.07, 6.45) is 3.52. The fraction of sp³-hybridized carbons (Fsp3) is 0.312. The van der Waals surface area contributed by atoms with Crippen molar-refractivity contribution in [1.82, 2.24) is 19.7 Å². The highest BCUT2D eigenvalue weighted by atomic mass is 15.3. The monoisotopic (exact) mass is 281 g/mol. The molecule has 5 nitrogen and oxygen atoms in total. The van der Waals surface area contributed by atoms with Crippen LogP contribution in [0.15, 0.2) is 30.6 Å². The Kier molecular flexibility index (Phi) is 3.66. The van der Waals surface area contributed by atoms with Gasteiger partial charge >= 0.3 is 0 Å². The van der Waals surface area contributed by atoms with Crippen LogP contribution in [0.1, 0.15) is 23.4 Å². The van der Waals surface area contributed by atoms with Crippen molar-refractivity contribution < 1.29 is 0 Å². The number of hydrogen-bond donors (Lipinski definition) is 1. The van der Waals surface area contributed by atoms with Crippen molar-refractivity contribution in [2.24, 2.45) is 5.73 Å². The lowest BCUT2D eigenvalue weighted by atomic mass is 10.1. The van der Waals surface area contributed by atoms with Gasteiger partial charge in [-0.05, 0) is 50.9 Å². The third kappa shape index (κ3) is 2.40. The molecule has 0 saturated heterocycles. The van der Waals surface area contributed by atoms with Gasteiger partial charge in [-0.3, -0.25) is 0 Å². The normalized spacial score (nSPS) is 11.2. The van der Waals surface area contributed by atoms with Crippen molar-refractivity contribution >= 4 is 10.9 Å². The molecule has 5 heteroatoms. The minimum absolute atomic E-state index is 0.695. The maximum Gasteiger partial charge on any atom is 0.164 e. The molecular weight excluding hydrogens is 262 g/mol. The zero-order valence-electron chi connectivity index (χ0n) is 12.4. The van der Waals surface area contributed by atoms with Crippen LogP contribution in [0.5, 0.6) is 0 Å². The van der Waals surface area contributed by atoms with Gasteiger partial charge < -0.3 is 5.73 Å². The number of benzene rings is 1. The van der Waals surface area contributed by atoms with E-state index < -0.39 is 0 Å². The predicted octanol–water partition coefficient (Wildman–Crippen LogP) is 2.32. The fourth-order valence-electron chi connectivity index (χ4n) is 2.68. The molecule has 21 heavy (non-hydrogen) atoms. The zero-order chi connectivity index (χ0) is 14.8. The third-order valence-electron chi connectivity index (χ3n) is 3.79. The van der Waals surface area contributed by atoms with Crippen LogP contribution in [-0.4, -0.2) is 26.3 Å². The van der Waals surface area contributed by atoms with Crippen LogP contribution in [0, 0.1) is 13.8 Å². The van der Waals surface area contributed by atoms with E-state index in [1.165, 1.54) is 5.56 Å². The topological polar surface area (TPSA) is 69.6 Å². The van der Waals surface area contributed by atoms with Gasteiger partial charge in [0.2, 0.25) is 0 Å².